The van der Waals surface area contributed by atoms with E-state index in [-0.39, 0.29) is 5.92 Å². The molecule has 0 radical (unpaired) electrons. The molecule has 0 aliphatic carbocycles. The molecular formula is C16H15N3O3. The summed E-state index contributed by atoms with van der Waals surface area (Å²) < 4.78 is 0. The minimum Gasteiger partial charge on any atom is -0.465 e. The van der Waals surface area contributed by atoms with Gasteiger partial charge >= 0.3 is 6.09 Å². The molecule has 1 heterocycles. The van der Waals surface area contributed by atoms with Crippen molar-refractivity contribution in [1.29, 1.82) is 0 Å². The summed E-state index contributed by atoms with van der Waals surface area (Å²) in [6.45, 7) is 0.323. The summed E-state index contributed by atoms with van der Waals surface area (Å²) in [5, 5.41) is 9.34. The first kappa shape index (κ1) is 13.9. The van der Waals surface area contributed by atoms with Crippen molar-refractivity contribution in [1.82, 2.24) is 0 Å². The highest BCUT2D eigenvalue weighted by molar-refractivity contribution is 5.93. The molecule has 1 unspecified atom stereocenters. The Labute approximate surface area is 126 Å². The predicted octanol–water partition coefficient (Wildman–Crippen LogP) is 2.00. The standard InChI is InChI=1S/C16H15N3O3/c17-11-5-6-14-12(7-11)13(8-19(14)16(21)22)9-1-3-10(4-2-9)15(18)20/h1-7,13H,8,17H2,(H2,18,20)(H,21,22). The third-order valence-electron chi connectivity index (χ3n) is 3.91. The molecule has 0 spiro atoms. The Balaban J connectivity index is 2.03. The molecule has 0 aromatic heterocycles. The summed E-state index contributed by atoms with van der Waals surface area (Å²) in [5.74, 6) is -0.605. The number of carbonyl (C=O) groups is 2. The van der Waals surface area contributed by atoms with Crippen LogP contribution in [0.15, 0.2) is 42.5 Å². The van der Waals surface area contributed by atoms with E-state index in [1.54, 1.807) is 42.5 Å². The van der Waals surface area contributed by atoms with Gasteiger partial charge in [-0.15, -0.1) is 0 Å². The Kier molecular flexibility index (Phi) is 3.21. The lowest BCUT2D eigenvalue weighted by molar-refractivity contribution is 0.1000. The van der Waals surface area contributed by atoms with E-state index in [0.717, 1.165) is 11.1 Å². The number of hydrogen-bond donors (Lipinski definition) is 3. The van der Waals surface area contributed by atoms with Gasteiger partial charge in [0.15, 0.2) is 0 Å². The van der Waals surface area contributed by atoms with Crippen LogP contribution in [-0.2, 0) is 0 Å². The van der Waals surface area contributed by atoms with Crippen LogP contribution in [0.5, 0.6) is 0 Å². The number of nitrogens with two attached hydrogens (primary N) is 2. The van der Waals surface area contributed by atoms with Gasteiger partial charge in [-0.25, -0.2) is 4.79 Å². The van der Waals surface area contributed by atoms with E-state index < -0.39 is 12.0 Å². The van der Waals surface area contributed by atoms with Crippen molar-refractivity contribution in [3.8, 4) is 0 Å². The van der Waals surface area contributed by atoms with Crippen molar-refractivity contribution >= 4 is 23.4 Å². The minimum absolute atomic E-state index is 0.114. The summed E-state index contributed by atoms with van der Waals surface area (Å²) >= 11 is 0. The molecule has 1 atom stereocenters. The van der Waals surface area contributed by atoms with Gasteiger partial charge < -0.3 is 16.6 Å². The van der Waals surface area contributed by atoms with Crippen molar-refractivity contribution in [2.75, 3.05) is 17.2 Å². The molecule has 22 heavy (non-hydrogen) atoms. The molecule has 0 fully saturated rings. The molecule has 112 valence electrons. The topological polar surface area (TPSA) is 110 Å². The average molecular weight is 297 g/mol. The summed E-state index contributed by atoms with van der Waals surface area (Å²) in [6.07, 6.45) is -0.998. The largest absolute Gasteiger partial charge is 0.465 e. The van der Waals surface area contributed by atoms with E-state index in [1.807, 2.05) is 0 Å². The van der Waals surface area contributed by atoms with Crippen LogP contribution >= 0.6 is 0 Å². The lowest BCUT2D eigenvalue weighted by Gasteiger charge is -2.13. The lowest BCUT2D eigenvalue weighted by atomic mass is 9.92. The number of carbonyl (C=O) groups excluding carboxylic acids is 1. The number of nitrogens with zero attached hydrogens (tertiary/aromatic N) is 1. The highest BCUT2D eigenvalue weighted by atomic mass is 16.4. The first-order valence-electron chi connectivity index (χ1n) is 6.77. The fourth-order valence-electron chi connectivity index (χ4n) is 2.82. The van der Waals surface area contributed by atoms with Gasteiger partial charge in [-0.1, -0.05) is 12.1 Å². The highest BCUT2D eigenvalue weighted by Crippen LogP contribution is 2.41. The summed E-state index contributed by atoms with van der Waals surface area (Å²) in [7, 11) is 0. The molecule has 0 bridgehead atoms. The van der Waals surface area contributed by atoms with Crippen molar-refractivity contribution in [3.63, 3.8) is 0 Å². The van der Waals surface area contributed by atoms with Crippen LogP contribution < -0.4 is 16.4 Å². The second-order valence-electron chi connectivity index (χ2n) is 5.25. The first-order chi connectivity index (χ1) is 10.5. The summed E-state index contributed by atoms with van der Waals surface area (Å²) in [6, 6.07) is 12.1. The van der Waals surface area contributed by atoms with Crippen LogP contribution in [0.1, 0.15) is 27.4 Å². The fourth-order valence-corrected chi connectivity index (χ4v) is 2.82. The van der Waals surface area contributed by atoms with Gasteiger partial charge in [-0.2, -0.15) is 0 Å². The van der Waals surface area contributed by atoms with Gasteiger partial charge in [0.05, 0.1) is 5.69 Å². The maximum absolute atomic E-state index is 11.4. The Hall–Kier alpha value is -3.02. The number of anilines is 2. The normalized spacial score (nSPS) is 16.4. The number of carboxylic acid groups (broad SMARTS) is 1. The fraction of sp³-hybridized carbons (Fsp3) is 0.125. The number of amides is 2. The van der Waals surface area contributed by atoms with E-state index in [2.05, 4.69) is 0 Å². The predicted molar refractivity (Wildman–Crippen MR) is 83.0 cm³/mol. The van der Waals surface area contributed by atoms with Gasteiger partial charge in [0.25, 0.3) is 0 Å². The van der Waals surface area contributed by atoms with Gasteiger partial charge in [-0.3, -0.25) is 9.69 Å². The second kappa shape index (κ2) is 5.07. The molecule has 2 amide bonds. The molecule has 6 nitrogen and oxygen atoms in total. The quantitative estimate of drug-likeness (QED) is 0.736. The maximum Gasteiger partial charge on any atom is 0.411 e. The molecular weight excluding hydrogens is 282 g/mol. The Bertz CT molecular complexity index is 756. The van der Waals surface area contributed by atoms with Crippen LogP contribution in [-0.4, -0.2) is 23.7 Å². The lowest BCUT2D eigenvalue weighted by Crippen LogP contribution is -2.28. The van der Waals surface area contributed by atoms with Crippen molar-refractivity contribution in [3.05, 3.63) is 59.2 Å². The summed E-state index contributed by atoms with van der Waals surface area (Å²) in [4.78, 5) is 23.8. The number of rotatable bonds is 2. The first-order valence-corrected chi connectivity index (χ1v) is 6.77. The van der Waals surface area contributed by atoms with Crippen molar-refractivity contribution < 1.29 is 14.7 Å². The van der Waals surface area contributed by atoms with Crippen LogP contribution in [0.3, 0.4) is 0 Å². The number of fused-ring (bicyclic) bond motifs is 1. The van der Waals surface area contributed by atoms with Crippen LogP contribution in [0.4, 0.5) is 16.2 Å². The van der Waals surface area contributed by atoms with Gasteiger partial charge in [-0.05, 0) is 41.5 Å². The average Bonchev–Trinajstić information content (AvgIpc) is 2.86. The van der Waals surface area contributed by atoms with Crippen LogP contribution in [0.2, 0.25) is 0 Å². The van der Waals surface area contributed by atoms with E-state index in [9.17, 15) is 14.7 Å². The number of benzene rings is 2. The molecule has 3 rings (SSSR count). The van der Waals surface area contributed by atoms with Crippen molar-refractivity contribution in [2.24, 2.45) is 5.73 Å². The molecule has 2 aromatic carbocycles. The van der Waals surface area contributed by atoms with Crippen LogP contribution in [0, 0.1) is 0 Å². The van der Waals surface area contributed by atoms with Gasteiger partial charge in [0.2, 0.25) is 5.91 Å². The molecule has 2 aromatic rings. The van der Waals surface area contributed by atoms with Gasteiger partial charge in [0, 0.05) is 23.7 Å². The molecule has 5 N–H and O–H groups in total. The Morgan fingerprint density at radius 1 is 1.14 bits per heavy atom. The molecule has 0 saturated heterocycles. The maximum atomic E-state index is 11.4. The smallest absolute Gasteiger partial charge is 0.411 e. The second-order valence-corrected chi connectivity index (χ2v) is 5.25. The third kappa shape index (κ3) is 2.24. The van der Waals surface area contributed by atoms with E-state index in [4.69, 9.17) is 11.5 Å². The minimum atomic E-state index is -0.998. The molecule has 1 aliphatic rings. The molecule has 6 heteroatoms. The SMILES string of the molecule is NC(=O)c1ccc(C2CN(C(=O)O)c3ccc(N)cc32)cc1. The third-order valence-corrected chi connectivity index (χ3v) is 3.91. The monoisotopic (exact) mass is 297 g/mol. The highest BCUT2D eigenvalue weighted by Gasteiger charge is 2.33. The van der Waals surface area contributed by atoms with E-state index in [0.29, 0.717) is 23.5 Å². The zero-order valence-corrected chi connectivity index (χ0v) is 11.7. The Morgan fingerprint density at radius 2 is 1.82 bits per heavy atom. The van der Waals surface area contributed by atoms with E-state index in [1.165, 1.54) is 4.90 Å². The summed E-state index contributed by atoms with van der Waals surface area (Å²) in [5.41, 5.74) is 14.5. The number of nitrogen functional groups attached to an aromatic ring is 1. The van der Waals surface area contributed by atoms with Crippen LogP contribution in [0.25, 0.3) is 0 Å². The van der Waals surface area contributed by atoms with Gasteiger partial charge in [0.1, 0.15) is 0 Å². The zero-order chi connectivity index (χ0) is 15.9. The van der Waals surface area contributed by atoms with Crippen molar-refractivity contribution in [2.45, 2.75) is 5.92 Å². The Morgan fingerprint density at radius 3 is 2.41 bits per heavy atom. The number of hydrogen-bond acceptors (Lipinski definition) is 3. The van der Waals surface area contributed by atoms with E-state index >= 15 is 0 Å². The molecule has 0 saturated carbocycles. The number of primary amides is 1. The zero-order valence-electron chi connectivity index (χ0n) is 11.7. The molecule has 1 aliphatic heterocycles.